The van der Waals surface area contributed by atoms with Crippen LogP contribution in [0.1, 0.15) is 39.0 Å². The summed E-state index contributed by atoms with van der Waals surface area (Å²) in [6, 6.07) is 0. The number of ether oxygens (including phenoxy) is 2. The van der Waals surface area contributed by atoms with E-state index in [1.807, 2.05) is 0 Å². The minimum absolute atomic E-state index is 0.0927. The monoisotopic (exact) mass is 288 g/mol. The van der Waals surface area contributed by atoms with Crippen molar-refractivity contribution in [3.8, 4) is 0 Å². The molecule has 0 unspecified atom stereocenters. The lowest BCUT2D eigenvalue weighted by molar-refractivity contribution is -0.101. The van der Waals surface area contributed by atoms with Gasteiger partial charge in [-0.05, 0) is 25.7 Å². The fourth-order valence-electron chi connectivity index (χ4n) is 2.26. The van der Waals surface area contributed by atoms with Gasteiger partial charge in [-0.25, -0.2) is 0 Å². The van der Waals surface area contributed by atoms with Crippen LogP contribution in [0.3, 0.4) is 0 Å². The Hall–Kier alpha value is -0.460. The van der Waals surface area contributed by atoms with Gasteiger partial charge in [0.25, 0.3) is 0 Å². The number of allylic oxidation sites excluding steroid dienone is 2. The van der Waals surface area contributed by atoms with Crippen molar-refractivity contribution in [2.75, 3.05) is 19.8 Å². The van der Waals surface area contributed by atoms with Crippen molar-refractivity contribution in [3.05, 3.63) is 12.2 Å². The summed E-state index contributed by atoms with van der Waals surface area (Å²) in [6.07, 6.45) is 6.59. The predicted molar refractivity (Wildman–Crippen MR) is 76.5 cm³/mol. The van der Waals surface area contributed by atoms with Gasteiger partial charge in [0.15, 0.2) is 0 Å². The van der Waals surface area contributed by atoms with E-state index in [-0.39, 0.29) is 13.2 Å². The number of aliphatic hydroxyl groups is 3. The Morgan fingerprint density at radius 1 is 1.25 bits per heavy atom. The average molecular weight is 288 g/mol. The summed E-state index contributed by atoms with van der Waals surface area (Å²) < 4.78 is 10.8. The van der Waals surface area contributed by atoms with E-state index in [1.165, 1.54) is 0 Å². The molecule has 5 nitrogen and oxygen atoms in total. The molecule has 1 aliphatic heterocycles. The zero-order valence-corrected chi connectivity index (χ0v) is 12.3. The van der Waals surface area contributed by atoms with Crippen LogP contribution in [0.15, 0.2) is 12.2 Å². The Labute approximate surface area is 121 Å². The van der Waals surface area contributed by atoms with Crippen LogP contribution in [0.2, 0.25) is 0 Å². The summed E-state index contributed by atoms with van der Waals surface area (Å²) in [6.45, 7) is 2.53. The first-order valence-corrected chi connectivity index (χ1v) is 7.55. The molecule has 5 heteroatoms. The number of aliphatic hydroxyl groups excluding tert-OH is 3. The van der Waals surface area contributed by atoms with E-state index in [4.69, 9.17) is 9.47 Å². The molecule has 0 aromatic rings. The molecule has 0 aromatic heterocycles. The summed E-state index contributed by atoms with van der Waals surface area (Å²) in [5, 5.41) is 28.4. The molecule has 1 saturated heterocycles. The van der Waals surface area contributed by atoms with Gasteiger partial charge in [0.2, 0.25) is 0 Å². The van der Waals surface area contributed by atoms with E-state index < -0.39 is 24.4 Å². The lowest BCUT2D eigenvalue weighted by Crippen LogP contribution is -2.42. The summed E-state index contributed by atoms with van der Waals surface area (Å²) in [5.74, 6) is 0. The molecule has 3 N–H and O–H groups in total. The second kappa shape index (κ2) is 10.3. The van der Waals surface area contributed by atoms with Gasteiger partial charge in [0.1, 0.15) is 24.4 Å². The summed E-state index contributed by atoms with van der Waals surface area (Å²) in [4.78, 5) is 0. The molecule has 0 saturated carbocycles. The first kappa shape index (κ1) is 17.6. The fourth-order valence-corrected chi connectivity index (χ4v) is 2.26. The second-order valence-corrected chi connectivity index (χ2v) is 5.18. The maximum Gasteiger partial charge on any atom is 0.114 e. The van der Waals surface area contributed by atoms with Crippen molar-refractivity contribution in [3.63, 3.8) is 0 Å². The maximum absolute atomic E-state index is 9.71. The van der Waals surface area contributed by atoms with Crippen molar-refractivity contribution < 1.29 is 24.8 Å². The van der Waals surface area contributed by atoms with Crippen molar-refractivity contribution in [2.24, 2.45) is 0 Å². The Bertz CT molecular complexity index is 269. The van der Waals surface area contributed by atoms with Crippen molar-refractivity contribution in [2.45, 2.75) is 63.4 Å². The molecule has 0 spiro atoms. The smallest absolute Gasteiger partial charge is 0.114 e. The summed E-state index contributed by atoms with van der Waals surface area (Å²) in [7, 11) is 0. The third-order valence-corrected chi connectivity index (χ3v) is 3.49. The maximum atomic E-state index is 9.71. The standard InChI is InChI=1S/C15H28O5/c1-2-3-4-5-6-7-8-9-19-13(10-16)15-14(18)12(17)11-20-15/h3-4,12-18H,2,5-11H2,1H3/b4-3+/t12-,13+,14+,15+/m0/s1. The van der Waals surface area contributed by atoms with Crippen LogP contribution in [-0.2, 0) is 9.47 Å². The molecular formula is C15H28O5. The zero-order chi connectivity index (χ0) is 14.8. The van der Waals surface area contributed by atoms with Crippen LogP contribution in [0.25, 0.3) is 0 Å². The second-order valence-electron chi connectivity index (χ2n) is 5.18. The summed E-state index contributed by atoms with van der Waals surface area (Å²) >= 11 is 0. The molecule has 20 heavy (non-hydrogen) atoms. The van der Waals surface area contributed by atoms with Gasteiger partial charge in [-0.15, -0.1) is 0 Å². The molecule has 1 fully saturated rings. The van der Waals surface area contributed by atoms with Crippen molar-refractivity contribution >= 4 is 0 Å². The molecule has 1 rings (SSSR count). The number of unbranched alkanes of at least 4 members (excludes halogenated alkanes) is 3. The van der Waals surface area contributed by atoms with Gasteiger partial charge >= 0.3 is 0 Å². The average Bonchev–Trinajstić information content (AvgIpc) is 2.78. The quantitative estimate of drug-likeness (QED) is 0.413. The van der Waals surface area contributed by atoms with E-state index in [0.717, 1.165) is 32.1 Å². The third kappa shape index (κ3) is 5.89. The van der Waals surface area contributed by atoms with E-state index in [1.54, 1.807) is 0 Å². The molecule has 1 aliphatic rings. The Kier molecular flexibility index (Phi) is 9.05. The normalized spacial score (nSPS) is 28.3. The van der Waals surface area contributed by atoms with E-state index in [9.17, 15) is 15.3 Å². The molecule has 4 atom stereocenters. The predicted octanol–water partition coefficient (Wildman–Crippen LogP) is 1.01. The molecule has 0 amide bonds. The molecule has 0 aliphatic carbocycles. The van der Waals surface area contributed by atoms with E-state index >= 15 is 0 Å². The van der Waals surface area contributed by atoms with Gasteiger partial charge in [0, 0.05) is 6.61 Å². The highest BCUT2D eigenvalue weighted by Gasteiger charge is 2.40. The SMILES string of the molecule is CC/C=C/CCCCCO[C@H](CO)[C@H]1OC[C@H](O)[C@H]1O. The van der Waals surface area contributed by atoms with Crippen molar-refractivity contribution in [1.82, 2.24) is 0 Å². The Morgan fingerprint density at radius 3 is 2.65 bits per heavy atom. The molecule has 0 bridgehead atoms. The van der Waals surface area contributed by atoms with Gasteiger partial charge in [0.05, 0.1) is 13.2 Å². The number of rotatable bonds is 10. The highest BCUT2D eigenvalue weighted by molar-refractivity contribution is 4.88. The van der Waals surface area contributed by atoms with Crippen LogP contribution in [0.4, 0.5) is 0 Å². The van der Waals surface area contributed by atoms with Crippen LogP contribution in [0, 0.1) is 0 Å². The first-order valence-electron chi connectivity index (χ1n) is 7.55. The first-order chi connectivity index (χ1) is 9.70. The molecular weight excluding hydrogens is 260 g/mol. The zero-order valence-electron chi connectivity index (χ0n) is 12.3. The molecule has 1 heterocycles. The highest BCUT2D eigenvalue weighted by Crippen LogP contribution is 2.19. The topological polar surface area (TPSA) is 79.2 Å². The fraction of sp³-hybridized carbons (Fsp3) is 0.867. The molecule has 0 radical (unpaired) electrons. The van der Waals surface area contributed by atoms with Gasteiger partial charge in [-0.3, -0.25) is 0 Å². The third-order valence-electron chi connectivity index (χ3n) is 3.49. The van der Waals surface area contributed by atoms with Gasteiger partial charge in [-0.1, -0.05) is 25.5 Å². The minimum atomic E-state index is -0.980. The van der Waals surface area contributed by atoms with Crippen LogP contribution in [-0.4, -0.2) is 59.6 Å². The number of hydrogen-bond acceptors (Lipinski definition) is 5. The van der Waals surface area contributed by atoms with E-state index in [2.05, 4.69) is 19.1 Å². The lowest BCUT2D eigenvalue weighted by Gasteiger charge is -2.24. The van der Waals surface area contributed by atoms with Crippen LogP contribution < -0.4 is 0 Å². The van der Waals surface area contributed by atoms with Gasteiger partial charge in [-0.2, -0.15) is 0 Å². The number of hydrogen-bond donors (Lipinski definition) is 3. The highest BCUT2D eigenvalue weighted by atomic mass is 16.6. The van der Waals surface area contributed by atoms with E-state index in [0.29, 0.717) is 6.61 Å². The molecule has 118 valence electrons. The summed E-state index contributed by atoms with van der Waals surface area (Å²) in [5.41, 5.74) is 0. The van der Waals surface area contributed by atoms with Crippen LogP contribution in [0.5, 0.6) is 0 Å². The molecule has 0 aromatic carbocycles. The largest absolute Gasteiger partial charge is 0.394 e. The Balaban J connectivity index is 2.11. The minimum Gasteiger partial charge on any atom is -0.394 e. The lowest BCUT2D eigenvalue weighted by atomic mass is 10.1. The van der Waals surface area contributed by atoms with Gasteiger partial charge < -0.3 is 24.8 Å². The Morgan fingerprint density at radius 2 is 2.05 bits per heavy atom. The van der Waals surface area contributed by atoms with Crippen molar-refractivity contribution in [1.29, 1.82) is 0 Å². The van der Waals surface area contributed by atoms with Crippen LogP contribution >= 0.6 is 0 Å².